The molecule has 1 atom stereocenters. The van der Waals surface area contributed by atoms with Crippen LogP contribution >= 0.6 is 0 Å². The Bertz CT molecular complexity index is 634. The number of alkyl halides is 3. The van der Waals surface area contributed by atoms with E-state index in [-0.39, 0.29) is 12.6 Å². The molecule has 1 aromatic carbocycles. The SMILES string of the molecule is CN=C(NCCCOCC(F)(F)F)NCC(c1cccc(OC)c1)N1CCCC1. The second-order valence-corrected chi connectivity index (χ2v) is 6.94. The second-order valence-electron chi connectivity index (χ2n) is 6.94. The van der Waals surface area contributed by atoms with E-state index in [1.165, 1.54) is 18.4 Å². The molecule has 164 valence electrons. The van der Waals surface area contributed by atoms with E-state index in [9.17, 15) is 13.2 Å². The standard InChI is InChI=1S/C20H31F3N4O2/c1-24-19(25-9-6-12-29-15-20(21,22)23)26-14-18(27-10-3-4-11-27)16-7-5-8-17(13-16)28-2/h5,7-8,13,18H,3-4,6,9-12,14-15H2,1-2H3,(H2,24,25,26). The third-order valence-corrected chi connectivity index (χ3v) is 4.77. The monoisotopic (exact) mass is 416 g/mol. The maximum absolute atomic E-state index is 12.1. The topological polar surface area (TPSA) is 58.1 Å². The summed E-state index contributed by atoms with van der Waals surface area (Å²) in [5.74, 6) is 1.45. The van der Waals surface area contributed by atoms with Gasteiger partial charge in [0.25, 0.3) is 0 Å². The van der Waals surface area contributed by atoms with Crippen molar-refractivity contribution in [1.82, 2.24) is 15.5 Å². The molecule has 1 heterocycles. The van der Waals surface area contributed by atoms with Gasteiger partial charge in [0.2, 0.25) is 0 Å². The first kappa shape index (κ1) is 23.3. The number of benzene rings is 1. The fraction of sp³-hybridized carbons (Fsp3) is 0.650. The number of nitrogens with one attached hydrogen (secondary N) is 2. The second kappa shape index (κ2) is 11.9. The van der Waals surface area contributed by atoms with Gasteiger partial charge in [-0.2, -0.15) is 13.2 Å². The van der Waals surface area contributed by atoms with Crippen LogP contribution in [0.15, 0.2) is 29.3 Å². The third-order valence-electron chi connectivity index (χ3n) is 4.77. The van der Waals surface area contributed by atoms with Crippen LogP contribution < -0.4 is 15.4 Å². The molecule has 0 spiro atoms. The van der Waals surface area contributed by atoms with Gasteiger partial charge in [-0.3, -0.25) is 9.89 Å². The van der Waals surface area contributed by atoms with Gasteiger partial charge in [-0.05, 0) is 50.0 Å². The van der Waals surface area contributed by atoms with Gasteiger partial charge >= 0.3 is 6.18 Å². The van der Waals surface area contributed by atoms with Crippen LogP contribution in [0.2, 0.25) is 0 Å². The lowest BCUT2D eigenvalue weighted by atomic mass is 10.1. The number of aliphatic imine (C=N–C) groups is 1. The van der Waals surface area contributed by atoms with E-state index in [1.54, 1.807) is 14.2 Å². The maximum atomic E-state index is 12.1. The van der Waals surface area contributed by atoms with E-state index in [1.807, 2.05) is 12.1 Å². The van der Waals surface area contributed by atoms with E-state index >= 15 is 0 Å². The van der Waals surface area contributed by atoms with Crippen molar-refractivity contribution in [3.05, 3.63) is 29.8 Å². The smallest absolute Gasteiger partial charge is 0.411 e. The largest absolute Gasteiger partial charge is 0.497 e. The summed E-state index contributed by atoms with van der Waals surface area (Å²) in [5.41, 5.74) is 1.18. The molecule has 9 heteroatoms. The number of methoxy groups -OCH3 is 1. The number of likely N-dealkylation sites (tertiary alicyclic amines) is 1. The Morgan fingerprint density at radius 3 is 2.66 bits per heavy atom. The van der Waals surface area contributed by atoms with Crippen molar-refractivity contribution in [3.63, 3.8) is 0 Å². The zero-order valence-electron chi connectivity index (χ0n) is 17.1. The summed E-state index contributed by atoms with van der Waals surface area (Å²) < 4.78 is 46.2. The predicted octanol–water partition coefficient (Wildman–Crippen LogP) is 2.97. The predicted molar refractivity (Wildman–Crippen MR) is 107 cm³/mol. The molecule has 0 saturated carbocycles. The molecule has 1 fully saturated rings. The highest BCUT2D eigenvalue weighted by Gasteiger charge is 2.27. The number of halogens is 3. The Morgan fingerprint density at radius 2 is 2.00 bits per heavy atom. The molecule has 0 radical (unpaired) electrons. The zero-order chi connectivity index (χ0) is 21.1. The van der Waals surface area contributed by atoms with Crippen molar-refractivity contribution < 1.29 is 22.6 Å². The molecule has 0 aromatic heterocycles. The van der Waals surface area contributed by atoms with Crippen LogP contribution in [-0.2, 0) is 4.74 Å². The maximum Gasteiger partial charge on any atom is 0.411 e. The van der Waals surface area contributed by atoms with Crippen LogP contribution in [0.4, 0.5) is 13.2 Å². The lowest BCUT2D eigenvalue weighted by Gasteiger charge is -2.29. The first-order valence-corrected chi connectivity index (χ1v) is 9.90. The Balaban J connectivity index is 1.83. The Labute approximate surface area is 170 Å². The first-order valence-electron chi connectivity index (χ1n) is 9.90. The molecule has 6 nitrogen and oxygen atoms in total. The summed E-state index contributed by atoms with van der Waals surface area (Å²) in [6.07, 6.45) is -1.45. The number of hydrogen-bond acceptors (Lipinski definition) is 4. The molecule has 1 aliphatic rings. The number of rotatable bonds is 10. The third kappa shape index (κ3) is 8.49. The van der Waals surface area contributed by atoms with Crippen LogP contribution in [0, 0.1) is 0 Å². The average molecular weight is 416 g/mol. The van der Waals surface area contributed by atoms with Crippen molar-refractivity contribution in [2.24, 2.45) is 4.99 Å². The molecule has 2 rings (SSSR count). The minimum Gasteiger partial charge on any atom is -0.497 e. The van der Waals surface area contributed by atoms with E-state index in [0.29, 0.717) is 25.5 Å². The van der Waals surface area contributed by atoms with Gasteiger partial charge in [-0.1, -0.05) is 12.1 Å². The van der Waals surface area contributed by atoms with Crippen molar-refractivity contribution in [2.45, 2.75) is 31.5 Å². The molecule has 0 aliphatic carbocycles. The number of ether oxygens (including phenoxy) is 2. The van der Waals surface area contributed by atoms with E-state index in [2.05, 4.69) is 37.4 Å². The Morgan fingerprint density at radius 1 is 1.24 bits per heavy atom. The molecule has 2 N–H and O–H groups in total. The van der Waals surface area contributed by atoms with Crippen molar-refractivity contribution >= 4 is 5.96 Å². The summed E-state index contributed by atoms with van der Waals surface area (Å²) in [6.45, 7) is 2.07. The fourth-order valence-corrected chi connectivity index (χ4v) is 3.34. The van der Waals surface area contributed by atoms with Crippen LogP contribution in [0.25, 0.3) is 0 Å². The van der Waals surface area contributed by atoms with Gasteiger partial charge in [0.15, 0.2) is 5.96 Å². The summed E-state index contributed by atoms with van der Waals surface area (Å²) in [4.78, 5) is 6.65. The van der Waals surface area contributed by atoms with Gasteiger partial charge in [0, 0.05) is 26.7 Å². The quantitative estimate of drug-likeness (QED) is 0.349. The van der Waals surface area contributed by atoms with E-state index in [0.717, 1.165) is 18.8 Å². The molecule has 1 unspecified atom stereocenters. The van der Waals surface area contributed by atoms with Crippen LogP contribution in [0.3, 0.4) is 0 Å². The number of guanidine groups is 1. The lowest BCUT2D eigenvalue weighted by Crippen LogP contribution is -2.43. The lowest BCUT2D eigenvalue weighted by molar-refractivity contribution is -0.173. The molecule has 29 heavy (non-hydrogen) atoms. The van der Waals surface area contributed by atoms with Crippen molar-refractivity contribution in [3.8, 4) is 5.75 Å². The minimum absolute atomic E-state index is 0.0454. The Hall–Kier alpha value is -2.00. The van der Waals surface area contributed by atoms with Crippen LogP contribution in [0.1, 0.15) is 30.9 Å². The molecule has 1 aliphatic heterocycles. The average Bonchev–Trinajstić information content (AvgIpc) is 3.23. The molecule has 1 aromatic rings. The van der Waals surface area contributed by atoms with Gasteiger partial charge in [0.05, 0.1) is 13.2 Å². The summed E-state index contributed by atoms with van der Waals surface area (Å²) in [5, 5.41) is 6.45. The van der Waals surface area contributed by atoms with Gasteiger partial charge in [-0.15, -0.1) is 0 Å². The molecular formula is C20H31F3N4O2. The van der Waals surface area contributed by atoms with Crippen LogP contribution in [0.5, 0.6) is 5.75 Å². The molecule has 0 amide bonds. The van der Waals surface area contributed by atoms with Gasteiger partial charge in [-0.25, -0.2) is 0 Å². The zero-order valence-corrected chi connectivity index (χ0v) is 17.1. The first-order chi connectivity index (χ1) is 13.9. The molecule has 1 saturated heterocycles. The molecule has 0 bridgehead atoms. The highest BCUT2D eigenvalue weighted by atomic mass is 19.4. The van der Waals surface area contributed by atoms with Crippen molar-refractivity contribution in [1.29, 1.82) is 0 Å². The van der Waals surface area contributed by atoms with Crippen LogP contribution in [-0.4, -0.2) is 70.6 Å². The number of hydrogen-bond donors (Lipinski definition) is 2. The highest BCUT2D eigenvalue weighted by Crippen LogP contribution is 2.27. The Kier molecular flexibility index (Phi) is 9.53. The minimum atomic E-state index is -4.28. The normalized spacial score (nSPS) is 16.7. The van der Waals surface area contributed by atoms with E-state index in [4.69, 9.17) is 4.74 Å². The van der Waals surface area contributed by atoms with Gasteiger partial charge < -0.3 is 20.1 Å². The van der Waals surface area contributed by atoms with E-state index < -0.39 is 12.8 Å². The summed E-state index contributed by atoms with van der Waals surface area (Å²) in [6, 6.07) is 8.26. The summed E-state index contributed by atoms with van der Waals surface area (Å²) in [7, 11) is 3.33. The van der Waals surface area contributed by atoms with Gasteiger partial charge in [0.1, 0.15) is 12.4 Å². The summed E-state index contributed by atoms with van der Waals surface area (Å²) >= 11 is 0. The number of nitrogens with zero attached hydrogens (tertiary/aromatic N) is 2. The fourth-order valence-electron chi connectivity index (χ4n) is 3.34. The highest BCUT2D eigenvalue weighted by molar-refractivity contribution is 5.79. The molecular weight excluding hydrogens is 385 g/mol. The van der Waals surface area contributed by atoms with Crippen molar-refractivity contribution in [2.75, 3.05) is 53.6 Å².